The highest BCUT2D eigenvalue weighted by Gasteiger charge is 1.95. The second-order valence-corrected chi connectivity index (χ2v) is 2.92. The maximum atomic E-state index is 5.34. The molecule has 0 amide bonds. The van der Waals surface area contributed by atoms with Crippen molar-refractivity contribution in [2.45, 2.75) is 12.8 Å². The first-order chi connectivity index (χ1) is 4.83. The number of hydrogen-bond donors (Lipinski definition) is 2. The van der Waals surface area contributed by atoms with E-state index in [1.54, 1.807) is 0 Å². The van der Waals surface area contributed by atoms with Crippen molar-refractivity contribution in [3.8, 4) is 0 Å². The van der Waals surface area contributed by atoms with Gasteiger partial charge in [-0.1, -0.05) is 0 Å². The number of nitrogens with one attached hydrogen (secondary N) is 1. The van der Waals surface area contributed by atoms with Crippen molar-refractivity contribution in [2.75, 3.05) is 6.54 Å². The monoisotopic (exact) mass is 203 g/mol. The molecule has 3 nitrogen and oxygen atoms in total. The van der Waals surface area contributed by atoms with Crippen molar-refractivity contribution in [1.82, 2.24) is 10.2 Å². The van der Waals surface area contributed by atoms with E-state index >= 15 is 0 Å². The van der Waals surface area contributed by atoms with Crippen LogP contribution in [0.2, 0.25) is 0 Å². The molecule has 0 aromatic carbocycles. The molecule has 56 valence electrons. The number of halogens is 1. The van der Waals surface area contributed by atoms with Crippen LogP contribution in [0.1, 0.15) is 12.1 Å². The van der Waals surface area contributed by atoms with Crippen LogP contribution in [0.4, 0.5) is 0 Å². The Labute approximate surface area is 68.1 Å². The third-order valence-electron chi connectivity index (χ3n) is 1.25. The number of aromatic amines is 1. The lowest BCUT2D eigenvalue weighted by molar-refractivity contribution is 0.803. The van der Waals surface area contributed by atoms with Crippen molar-refractivity contribution in [2.24, 2.45) is 5.73 Å². The van der Waals surface area contributed by atoms with Crippen LogP contribution in [0.3, 0.4) is 0 Å². The molecule has 1 aromatic rings. The molecule has 0 saturated carbocycles. The highest BCUT2D eigenvalue weighted by atomic mass is 79.9. The number of nitrogens with zero attached hydrogens (tertiary/aromatic N) is 1. The Morgan fingerprint density at radius 2 is 2.50 bits per heavy atom. The molecule has 0 atom stereocenters. The van der Waals surface area contributed by atoms with Crippen LogP contribution in [0.15, 0.2) is 10.7 Å². The van der Waals surface area contributed by atoms with E-state index in [2.05, 4.69) is 26.1 Å². The zero-order valence-corrected chi connectivity index (χ0v) is 7.19. The Bertz CT molecular complexity index is 197. The van der Waals surface area contributed by atoms with Gasteiger partial charge in [0.05, 0.1) is 0 Å². The van der Waals surface area contributed by atoms with E-state index in [-0.39, 0.29) is 0 Å². The Balaban J connectivity index is 2.42. The van der Waals surface area contributed by atoms with Crippen molar-refractivity contribution in [3.63, 3.8) is 0 Å². The maximum absolute atomic E-state index is 5.34. The largest absolute Gasteiger partial charge is 0.330 e. The molecule has 0 aliphatic heterocycles. The van der Waals surface area contributed by atoms with E-state index in [0.29, 0.717) is 0 Å². The molecule has 1 aromatic heterocycles. The average Bonchev–Trinajstić information content (AvgIpc) is 2.31. The van der Waals surface area contributed by atoms with Crippen LogP contribution >= 0.6 is 15.9 Å². The van der Waals surface area contributed by atoms with Crippen molar-refractivity contribution in [1.29, 1.82) is 0 Å². The highest BCUT2D eigenvalue weighted by molar-refractivity contribution is 9.10. The molecule has 0 spiro atoms. The maximum Gasteiger partial charge on any atom is 0.128 e. The Kier molecular flexibility index (Phi) is 2.89. The summed E-state index contributed by atoms with van der Waals surface area (Å²) in [4.78, 5) is 0. The van der Waals surface area contributed by atoms with Gasteiger partial charge in [-0.2, -0.15) is 5.10 Å². The molecule has 0 unspecified atom stereocenters. The minimum Gasteiger partial charge on any atom is -0.330 e. The van der Waals surface area contributed by atoms with Gasteiger partial charge in [0.15, 0.2) is 0 Å². The van der Waals surface area contributed by atoms with E-state index in [9.17, 15) is 0 Å². The zero-order valence-electron chi connectivity index (χ0n) is 5.60. The SMILES string of the molecule is NCCCc1cc(Br)n[nH]1. The predicted molar refractivity (Wildman–Crippen MR) is 43.7 cm³/mol. The lowest BCUT2D eigenvalue weighted by Crippen LogP contribution is -2.00. The first-order valence-electron chi connectivity index (χ1n) is 3.23. The van der Waals surface area contributed by atoms with Crippen molar-refractivity contribution < 1.29 is 0 Å². The molecule has 3 N–H and O–H groups in total. The van der Waals surface area contributed by atoms with Crippen molar-refractivity contribution in [3.05, 3.63) is 16.4 Å². The summed E-state index contributed by atoms with van der Waals surface area (Å²) in [6.45, 7) is 0.733. The molecule has 0 aliphatic rings. The summed E-state index contributed by atoms with van der Waals surface area (Å²) in [5.41, 5.74) is 6.47. The predicted octanol–water partition coefficient (Wildman–Crippen LogP) is 1.06. The summed E-state index contributed by atoms with van der Waals surface area (Å²) < 4.78 is 0.861. The van der Waals surface area contributed by atoms with E-state index in [4.69, 9.17) is 5.73 Å². The first-order valence-corrected chi connectivity index (χ1v) is 4.02. The van der Waals surface area contributed by atoms with Crippen LogP contribution in [-0.4, -0.2) is 16.7 Å². The van der Waals surface area contributed by atoms with Crippen LogP contribution in [0, 0.1) is 0 Å². The van der Waals surface area contributed by atoms with Gasteiger partial charge < -0.3 is 5.73 Å². The fourth-order valence-corrected chi connectivity index (χ4v) is 1.12. The minimum absolute atomic E-state index is 0.733. The molecule has 0 saturated heterocycles. The first kappa shape index (κ1) is 7.75. The summed E-state index contributed by atoms with van der Waals surface area (Å²) in [5.74, 6) is 0. The molecule has 0 fully saturated rings. The molecule has 1 rings (SSSR count). The third kappa shape index (κ3) is 2.11. The standard InChI is InChI=1S/C6H10BrN3/c7-6-4-5(9-10-6)2-1-3-8/h4H,1-3,8H2,(H,9,10). The van der Waals surface area contributed by atoms with Gasteiger partial charge in [0.1, 0.15) is 4.60 Å². The molecule has 10 heavy (non-hydrogen) atoms. The van der Waals surface area contributed by atoms with Gasteiger partial charge in [-0.15, -0.1) is 0 Å². The minimum atomic E-state index is 0.733. The summed E-state index contributed by atoms with van der Waals surface area (Å²) in [6, 6.07) is 1.97. The van der Waals surface area contributed by atoms with Gasteiger partial charge in [0.2, 0.25) is 0 Å². The normalized spacial score (nSPS) is 10.2. The van der Waals surface area contributed by atoms with Crippen LogP contribution in [-0.2, 0) is 6.42 Å². The van der Waals surface area contributed by atoms with Crippen LogP contribution in [0.5, 0.6) is 0 Å². The summed E-state index contributed by atoms with van der Waals surface area (Å²) in [5, 5.41) is 6.81. The quantitative estimate of drug-likeness (QED) is 0.773. The molecular formula is C6H10BrN3. The number of aryl methyl sites for hydroxylation is 1. The number of aromatic nitrogens is 2. The number of nitrogens with two attached hydrogens (primary N) is 1. The fourth-order valence-electron chi connectivity index (χ4n) is 0.754. The summed E-state index contributed by atoms with van der Waals surface area (Å²) in [7, 11) is 0. The molecule has 0 aliphatic carbocycles. The summed E-state index contributed by atoms with van der Waals surface area (Å²) in [6.07, 6.45) is 1.99. The number of rotatable bonds is 3. The molecule has 0 bridgehead atoms. The van der Waals surface area contributed by atoms with Crippen LogP contribution < -0.4 is 5.73 Å². The Hall–Kier alpha value is -0.350. The van der Waals surface area contributed by atoms with Gasteiger partial charge in [0, 0.05) is 5.69 Å². The van der Waals surface area contributed by atoms with Gasteiger partial charge in [-0.05, 0) is 41.4 Å². The van der Waals surface area contributed by atoms with Gasteiger partial charge >= 0.3 is 0 Å². The lowest BCUT2D eigenvalue weighted by Gasteiger charge is -1.90. The third-order valence-corrected chi connectivity index (χ3v) is 1.66. The smallest absolute Gasteiger partial charge is 0.128 e. The number of H-pyrrole nitrogens is 1. The summed E-state index contributed by atoms with van der Waals surface area (Å²) >= 11 is 3.25. The van der Waals surface area contributed by atoms with E-state index < -0.39 is 0 Å². The van der Waals surface area contributed by atoms with Gasteiger partial charge in [-0.25, -0.2) is 0 Å². The van der Waals surface area contributed by atoms with Gasteiger partial charge in [0.25, 0.3) is 0 Å². The fraction of sp³-hybridized carbons (Fsp3) is 0.500. The number of hydrogen-bond acceptors (Lipinski definition) is 2. The van der Waals surface area contributed by atoms with Gasteiger partial charge in [-0.3, -0.25) is 5.10 Å². The highest BCUT2D eigenvalue weighted by Crippen LogP contribution is 2.07. The van der Waals surface area contributed by atoms with Crippen LogP contribution in [0.25, 0.3) is 0 Å². The van der Waals surface area contributed by atoms with E-state index in [0.717, 1.165) is 29.7 Å². The second kappa shape index (κ2) is 3.73. The second-order valence-electron chi connectivity index (χ2n) is 2.11. The average molecular weight is 204 g/mol. The van der Waals surface area contributed by atoms with E-state index in [1.165, 1.54) is 0 Å². The van der Waals surface area contributed by atoms with E-state index in [1.807, 2.05) is 6.07 Å². The molecule has 0 radical (unpaired) electrons. The zero-order chi connectivity index (χ0) is 7.40. The Morgan fingerprint density at radius 3 is 3.00 bits per heavy atom. The lowest BCUT2D eigenvalue weighted by atomic mass is 10.2. The Morgan fingerprint density at radius 1 is 1.70 bits per heavy atom. The topological polar surface area (TPSA) is 54.7 Å². The molecule has 4 heteroatoms. The van der Waals surface area contributed by atoms with Crippen molar-refractivity contribution >= 4 is 15.9 Å². The molecule has 1 heterocycles. The molecular weight excluding hydrogens is 194 g/mol.